The molecule has 0 fully saturated rings. The predicted octanol–water partition coefficient (Wildman–Crippen LogP) is 4.26. The van der Waals surface area contributed by atoms with Crippen molar-refractivity contribution >= 4 is 46.2 Å². The number of hydrogen-bond acceptors (Lipinski definition) is 7. The zero-order valence-electron chi connectivity index (χ0n) is 18.4. The number of nitrogens with one attached hydrogen (secondary N) is 2. The van der Waals surface area contributed by atoms with Crippen LogP contribution in [0.2, 0.25) is 5.02 Å². The highest BCUT2D eigenvalue weighted by molar-refractivity contribution is 6.36. The van der Waals surface area contributed by atoms with Gasteiger partial charge in [-0.25, -0.2) is 4.79 Å². The van der Waals surface area contributed by atoms with Gasteiger partial charge in [0.2, 0.25) is 0 Å². The summed E-state index contributed by atoms with van der Waals surface area (Å²) < 4.78 is 11.3. The number of aromatic amines is 1. The molecule has 0 saturated carbocycles. The van der Waals surface area contributed by atoms with Crippen LogP contribution in [-0.2, 0) is 4.79 Å². The summed E-state index contributed by atoms with van der Waals surface area (Å²) >= 11 is 6.77. The monoisotopic (exact) mass is 492 g/mol. The van der Waals surface area contributed by atoms with E-state index in [0.717, 1.165) is 22.0 Å². The van der Waals surface area contributed by atoms with Crippen LogP contribution in [-0.4, -0.2) is 58.5 Å². The first-order valence-electron chi connectivity index (χ1n) is 10.8. The number of aliphatic imine (C=N–C) groups is 1. The zero-order chi connectivity index (χ0) is 24.4. The third-order valence-corrected chi connectivity index (χ3v) is 5.96. The van der Waals surface area contributed by atoms with E-state index in [4.69, 9.17) is 31.3 Å². The minimum atomic E-state index is -1.20. The van der Waals surface area contributed by atoms with Crippen molar-refractivity contribution in [2.24, 2.45) is 4.99 Å². The molecule has 35 heavy (non-hydrogen) atoms. The lowest BCUT2D eigenvalue weighted by Gasteiger charge is -2.19. The number of aliphatic hydroxyl groups is 1. The van der Waals surface area contributed by atoms with Gasteiger partial charge in [-0.2, -0.15) is 5.10 Å². The molecule has 3 aromatic carbocycles. The molecular weight excluding hydrogens is 472 g/mol. The van der Waals surface area contributed by atoms with Crippen LogP contribution >= 0.6 is 11.6 Å². The molecule has 1 aromatic heterocycles. The molecule has 0 radical (unpaired) electrons. The van der Waals surface area contributed by atoms with Crippen molar-refractivity contribution in [2.75, 3.05) is 25.1 Å². The number of aliphatic hydroxyl groups excluding tert-OH is 1. The van der Waals surface area contributed by atoms with Crippen molar-refractivity contribution in [1.29, 1.82) is 0 Å². The molecule has 4 aromatic rings. The SMILES string of the molecule is O=C(O)[C@H](CO)N=Cc1ccc2c(Nc3cccc(-c4ccc5c(c4)OCCO5)c3Cl)n[nH]c2c1. The maximum Gasteiger partial charge on any atom is 0.330 e. The summed E-state index contributed by atoms with van der Waals surface area (Å²) in [7, 11) is 0. The van der Waals surface area contributed by atoms with E-state index in [1.165, 1.54) is 6.21 Å². The molecule has 0 spiro atoms. The number of nitrogens with zero attached hydrogens (tertiary/aromatic N) is 2. The van der Waals surface area contributed by atoms with E-state index in [0.29, 0.717) is 46.8 Å². The number of carboxylic acids is 1. The number of hydrogen-bond donors (Lipinski definition) is 4. The summed E-state index contributed by atoms with van der Waals surface area (Å²) in [4.78, 5) is 14.9. The molecule has 0 unspecified atom stereocenters. The Hall–Kier alpha value is -4.08. The summed E-state index contributed by atoms with van der Waals surface area (Å²) in [6.07, 6.45) is 1.41. The van der Waals surface area contributed by atoms with Crippen molar-refractivity contribution in [3.8, 4) is 22.6 Å². The first-order chi connectivity index (χ1) is 17.0. The number of aliphatic carboxylic acids is 1. The van der Waals surface area contributed by atoms with Crippen LogP contribution in [0.3, 0.4) is 0 Å². The van der Waals surface area contributed by atoms with Crippen molar-refractivity contribution < 1.29 is 24.5 Å². The van der Waals surface area contributed by atoms with Gasteiger partial charge in [-0.1, -0.05) is 35.9 Å². The van der Waals surface area contributed by atoms with Gasteiger partial charge in [0.15, 0.2) is 23.4 Å². The molecule has 10 heteroatoms. The summed E-state index contributed by atoms with van der Waals surface area (Å²) in [5.41, 5.74) is 3.83. The lowest BCUT2D eigenvalue weighted by atomic mass is 10.0. The number of rotatable bonds is 7. The molecule has 4 N–H and O–H groups in total. The Morgan fingerprint density at radius 3 is 2.80 bits per heavy atom. The molecule has 9 nitrogen and oxygen atoms in total. The van der Waals surface area contributed by atoms with E-state index in [1.54, 1.807) is 12.1 Å². The fourth-order valence-corrected chi connectivity index (χ4v) is 4.05. The van der Waals surface area contributed by atoms with Gasteiger partial charge >= 0.3 is 5.97 Å². The van der Waals surface area contributed by atoms with Crippen LogP contribution in [0, 0.1) is 0 Å². The van der Waals surface area contributed by atoms with E-state index in [9.17, 15) is 4.79 Å². The second-order valence-electron chi connectivity index (χ2n) is 7.84. The fraction of sp³-hybridized carbons (Fsp3) is 0.160. The van der Waals surface area contributed by atoms with Gasteiger partial charge in [0.1, 0.15) is 13.2 Å². The number of H-pyrrole nitrogens is 1. The summed E-state index contributed by atoms with van der Waals surface area (Å²) in [6.45, 7) is 0.468. The molecule has 5 rings (SSSR count). The van der Waals surface area contributed by atoms with Crippen molar-refractivity contribution in [1.82, 2.24) is 10.2 Å². The van der Waals surface area contributed by atoms with Gasteiger partial charge in [0, 0.05) is 17.2 Å². The molecule has 178 valence electrons. The van der Waals surface area contributed by atoms with Crippen molar-refractivity contribution in [3.63, 3.8) is 0 Å². The molecular formula is C25H21ClN4O5. The summed E-state index contributed by atoms with van der Waals surface area (Å²) in [6, 6.07) is 15.7. The maximum absolute atomic E-state index is 11.0. The largest absolute Gasteiger partial charge is 0.486 e. The number of ether oxygens (including phenoxy) is 2. The minimum Gasteiger partial charge on any atom is -0.486 e. The number of aromatic nitrogens is 2. The highest BCUT2D eigenvalue weighted by Crippen LogP contribution is 2.40. The Labute approximate surface area is 205 Å². The van der Waals surface area contributed by atoms with E-state index < -0.39 is 18.6 Å². The molecule has 1 aliphatic heterocycles. The van der Waals surface area contributed by atoms with E-state index >= 15 is 0 Å². The van der Waals surface area contributed by atoms with Crippen LogP contribution in [0.1, 0.15) is 5.56 Å². The Balaban J connectivity index is 1.40. The first kappa shape index (κ1) is 22.7. The molecule has 2 heterocycles. The Bertz CT molecular complexity index is 1430. The van der Waals surface area contributed by atoms with Crippen LogP contribution in [0.5, 0.6) is 11.5 Å². The number of carbonyl (C=O) groups is 1. The molecule has 1 atom stereocenters. The Morgan fingerprint density at radius 1 is 1.17 bits per heavy atom. The average Bonchev–Trinajstić information content (AvgIpc) is 3.27. The highest BCUT2D eigenvalue weighted by atomic mass is 35.5. The van der Waals surface area contributed by atoms with Gasteiger partial charge < -0.3 is 25.0 Å². The third kappa shape index (κ3) is 4.64. The van der Waals surface area contributed by atoms with Gasteiger partial charge in [-0.05, 0) is 41.5 Å². The smallest absolute Gasteiger partial charge is 0.330 e. The summed E-state index contributed by atoms with van der Waals surface area (Å²) in [5, 5.41) is 30.1. The van der Waals surface area contributed by atoms with Gasteiger partial charge in [0.05, 0.1) is 22.8 Å². The second kappa shape index (κ2) is 9.65. The van der Waals surface area contributed by atoms with Crippen LogP contribution in [0.25, 0.3) is 22.0 Å². The Morgan fingerprint density at radius 2 is 2.00 bits per heavy atom. The number of anilines is 2. The molecule has 0 aliphatic carbocycles. The fourth-order valence-electron chi connectivity index (χ4n) is 3.77. The van der Waals surface area contributed by atoms with Crippen LogP contribution < -0.4 is 14.8 Å². The first-order valence-corrected chi connectivity index (χ1v) is 11.2. The molecule has 0 saturated heterocycles. The third-order valence-electron chi connectivity index (χ3n) is 5.55. The van der Waals surface area contributed by atoms with Crippen molar-refractivity contribution in [3.05, 3.63) is 65.2 Å². The van der Waals surface area contributed by atoms with Crippen LogP contribution in [0.4, 0.5) is 11.5 Å². The summed E-state index contributed by atoms with van der Waals surface area (Å²) in [5.74, 6) is 0.804. The standard InChI is InChI=1S/C25H21ClN4O5/c26-23-16(15-5-7-21-22(11-15)35-9-8-34-21)2-1-3-18(23)28-24-17-6-4-14(10-19(17)29-30-24)12-27-20(13-31)25(32)33/h1-7,10-12,20,31H,8-9,13H2,(H,32,33)(H2,28,29,30)/t20-/m0/s1. The average molecular weight is 493 g/mol. The maximum atomic E-state index is 11.0. The van der Waals surface area contributed by atoms with E-state index in [1.807, 2.05) is 42.5 Å². The second-order valence-corrected chi connectivity index (χ2v) is 8.22. The molecule has 0 amide bonds. The number of benzene rings is 3. The lowest BCUT2D eigenvalue weighted by molar-refractivity contribution is -0.139. The van der Waals surface area contributed by atoms with Gasteiger partial charge in [0.25, 0.3) is 0 Å². The topological polar surface area (TPSA) is 129 Å². The van der Waals surface area contributed by atoms with Crippen LogP contribution in [0.15, 0.2) is 59.6 Å². The van der Waals surface area contributed by atoms with Gasteiger partial charge in [-0.3, -0.25) is 10.1 Å². The molecule has 1 aliphatic rings. The number of carboxylic acid groups (broad SMARTS) is 1. The van der Waals surface area contributed by atoms with E-state index in [-0.39, 0.29) is 0 Å². The minimum absolute atomic E-state index is 0.507. The highest BCUT2D eigenvalue weighted by Gasteiger charge is 2.16. The van der Waals surface area contributed by atoms with Crippen molar-refractivity contribution in [2.45, 2.75) is 6.04 Å². The Kier molecular flexibility index (Phi) is 6.26. The zero-order valence-corrected chi connectivity index (χ0v) is 19.1. The number of fused-ring (bicyclic) bond motifs is 2. The quantitative estimate of drug-likeness (QED) is 0.284. The lowest BCUT2D eigenvalue weighted by Crippen LogP contribution is -2.22. The normalized spacial score (nSPS) is 13.8. The number of halogens is 1. The van der Waals surface area contributed by atoms with Gasteiger partial charge in [-0.15, -0.1) is 0 Å². The predicted molar refractivity (Wildman–Crippen MR) is 133 cm³/mol. The molecule has 0 bridgehead atoms. The van der Waals surface area contributed by atoms with E-state index in [2.05, 4.69) is 20.5 Å².